The van der Waals surface area contributed by atoms with E-state index < -0.39 is 40.4 Å². The maximum absolute atomic E-state index is 13.9. The number of anilines is 1. The van der Waals surface area contributed by atoms with Gasteiger partial charge in [-0.2, -0.15) is 0 Å². The fraction of sp³-hybridized carbons (Fsp3) is 0.371. The topological polar surface area (TPSA) is 163 Å². The summed E-state index contributed by atoms with van der Waals surface area (Å²) in [6.45, 7) is 9.39. The number of hydrogen-bond acceptors (Lipinski definition) is 12. The summed E-state index contributed by atoms with van der Waals surface area (Å²) in [6.07, 6.45) is 1.32. The second-order valence-corrected chi connectivity index (χ2v) is 14.6. The van der Waals surface area contributed by atoms with Gasteiger partial charge in [0.2, 0.25) is 5.91 Å². The quantitative estimate of drug-likeness (QED) is 0.0648. The van der Waals surface area contributed by atoms with Crippen LogP contribution in [0.15, 0.2) is 83.9 Å². The lowest BCUT2D eigenvalue weighted by Gasteiger charge is -2.53. The van der Waals surface area contributed by atoms with Crippen molar-refractivity contribution < 1.29 is 33.5 Å². The number of hydrogen-bond donors (Lipinski definition) is 2. The van der Waals surface area contributed by atoms with Gasteiger partial charge in [-0.15, -0.1) is 29.7 Å². The lowest BCUT2D eigenvalue weighted by atomic mass is 9.87. The van der Waals surface area contributed by atoms with Crippen LogP contribution in [-0.4, -0.2) is 75.3 Å². The van der Waals surface area contributed by atoms with Crippen LogP contribution in [0.4, 0.5) is 5.13 Å². The molecule has 3 N–H and O–H groups in total. The Morgan fingerprint density at radius 2 is 1.80 bits per heavy atom. The van der Waals surface area contributed by atoms with Crippen molar-refractivity contribution >= 4 is 57.7 Å². The average Bonchev–Trinajstić information content (AvgIpc) is 3.52. The molecule has 2 aliphatic heterocycles. The van der Waals surface area contributed by atoms with Crippen LogP contribution in [0, 0.1) is 5.41 Å². The Kier molecular flexibility index (Phi) is 11.1. The Balaban J connectivity index is 1.23. The third kappa shape index (κ3) is 8.49. The zero-order valence-electron chi connectivity index (χ0n) is 27.5. The SMILES string of the molecule is C=CC1(C(=O)OC(c2ccccc2)c2ccccc2)CS[C@@H]2C(NC(=O)C(=NOCCCC(=O)OC(C)(C)C)c3csc(N)n3)C(=O)N2C1. The van der Waals surface area contributed by atoms with E-state index in [1.165, 1.54) is 11.8 Å². The fourth-order valence-electron chi connectivity index (χ4n) is 5.33. The maximum Gasteiger partial charge on any atom is 0.319 e. The summed E-state index contributed by atoms with van der Waals surface area (Å²) in [5.74, 6) is -1.61. The standard InChI is InChI=1S/C35H39N5O7S2/c1-5-35(32(44)46-28(22-13-8-6-9-14-22)23-15-10-7-11-16-23)20-40-30(43)27(31(40)49-21-35)38-29(42)26(24-19-48-33(36)37-24)39-45-18-12-17-25(41)47-34(2,3)4/h5-11,13-16,19,27-28,31H,1,12,17-18,20-21H2,2-4H3,(H2,36,37)(H,38,42)/t27?,31-,35?/m1/s1. The highest BCUT2D eigenvalue weighted by Crippen LogP contribution is 2.44. The molecule has 2 unspecified atom stereocenters. The third-order valence-electron chi connectivity index (χ3n) is 7.79. The summed E-state index contributed by atoms with van der Waals surface area (Å²) < 4.78 is 11.5. The number of ether oxygens (including phenoxy) is 2. The number of aromatic nitrogens is 1. The van der Waals surface area contributed by atoms with Gasteiger partial charge in [0.1, 0.15) is 34.7 Å². The van der Waals surface area contributed by atoms with Gasteiger partial charge >= 0.3 is 11.9 Å². The number of carbonyl (C=O) groups is 4. The van der Waals surface area contributed by atoms with Crippen LogP contribution in [0.1, 0.15) is 56.5 Å². The summed E-state index contributed by atoms with van der Waals surface area (Å²) in [4.78, 5) is 63.8. The molecule has 0 bridgehead atoms. The Morgan fingerprint density at radius 3 is 2.37 bits per heavy atom. The van der Waals surface area contributed by atoms with E-state index in [1.54, 1.807) is 37.1 Å². The first-order chi connectivity index (χ1) is 23.4. The molecule has 14 heteroatoms. The summed E-state index contributed by atoms with van der Waals surface area (Å²) in [7, 11) is 0. The Bertz CT molecular complexity index is 1670. The third-order valence-corrected chi connectivity index (χ3v) is 10.0. The average molecular weight is 706 g/mol. The van der Waals surface area contributed by atoms with E-state index in [0.717, 1.165) is 22.5 Å². The number of thioether (sulfide) groups is 1. The second-order valence-electron chi connectivity index (χ2n) is 12.6. The largest absolute Gasteiger partial charge is 0.460 e. The smallest absolute Gasteiger partial charge is 0.319 e. The molecule has 2 amide bonds. The number of carbonyl (C=O) groups excluding carboxylic acids is 4. The number of esters is 2. The number of thiazole rings is 1. The number of amides is 2. The summed E-state index contributed by atoms with van der Waals surface area (Å²) in [5.41, 5.74) is 5.71. The molecule has 0 saturated carbocycles. The number of nitrogens with zero attached hydrogens (tertiary/aromatic N) is 3. The zero-order chi connectivity index (χ0) is 35.2. The number of fused-ring (bicyclic) bond motifs is 1. The van der Waals surface area contributed by atoms with Gasteiger partial charge in [0.15, 0.2) is 16.9 Å². The van der Waals surface area contributed by atoms with E-state index in [2.05, 4.69) is 22.0 Å². The number of nitrogens with two attached hydrogens (primary N) is 1. The molecule has 2 fully saturated rings. The predicted octanol–water partition coefficient (Wildman–Crippen LogP) is 4.47. The summed E-state index contributed by atoms with van der Waals surface area (Å²) in [6, 6.07) is 18.0. The minimum absolute atomic E-state index is 0.0411. The first-order valence-electron chi connectivity index (χ1n) is 15.7. The Morgan fingerprint density at radius 1 is 1.14 bits per heavy atom. The molecule has 0 spiro atoms. The first-order valence-corrected chi connectivity index (χ1v) is 17.6. The monoisotopic (exact) mass is 705 g/mol. The van der Waals surface area contributed by atoms with E-state index in [4.69, 9.17) is 20.0 Å². The van der Waals surface area contributed by atoms with Gasteiger partial charge in [-0.05, 0) is 38.3 Å². The van der Waals surface area contributed by atoms with E-state index in [0.29, 0.717) is 6.42 Å². The lowest BCUT2D eigenvalue weighted by molar-refractivity contribution is -0.162. The molecule has 2 aliphatic rings. The molecule has 1 aromatic heterocycles. The van der Waals surface area contributed by atoms with Crippen LogP contribution in [0.3, 0.4) is 0 Å². The van der Waals surface area contributed by atoms with Gasteiger partial charge in [0.05, 0.1) is 0 Å². The highest BCUT2D eigenvalue weighted by molar-refractivity contribution is 8.00. The molecule has 12 nitrogen and oxygen atoms in total. The van der Waals surface area contributed by atoms with E-state index in [-0.39, 0.29) is 53.7 Å². The molecule has 3 atom stereocenters. The van der Waals surface area contributed by atoms with Crippen LogP contribution >= 0.6 is 23.1 Å². The van der Waals surface area contributed by atoms with Gasteiger partial charge in [-0.3, -0.25) is 19.2 Å². The van der Waals surface area contributed by atoms with Gasteiger partial charge < -0.3 is 30.3 Å². The fourth-order valence-corrected chi connectivity index (χ4v) is 7.41. The van der Waals surface area contributed by atoms with Crippen LogP contribution < -0.4 is 11.1 Å². The molecule has 3 aromatic rings. The van der Waals surface area contributed by atoms with Crippen molar-refractivity contribution in [2.24, 2.45) is 10.6 Å². The van der Waals surface area contributed by atoms with Crippen molar-refractivity contribution in [2.75, 3.05) is 24.6 Å². The minimum atomic E-state index is -1.16. The van der Waals surface area contributed by atoms with Crippen LogP contribution in [0.2, 0.25) is 0 Å². The molecular weight excluding hydrogens is 667 g/mol. The minimum Gasteiger partial charge on any atom is -0.460 e. The number of oxime groups is 1. The normalized spacial score (nSPS) is 20.5. The maximum atomic E-state index is 13.9. The molecule has 49 heavy (non-hydrogen) atoms. The molecule has 3 heterocycles. The number of nitrogens with one attached hydrogen (secondary N) is 1. The summed E-state index contributed by atoms with van der Waals surface area (Å²) in [5, 5.41) is 8.11. The van der Waals surface area contributed by atoms with Crippen molar-refractivity contribution in [1.29, 1.82) is 0 Å². The van der Waals surface area contributed by atoms with Gasteiger partial charge in [0.25, 0.3) is 5.91 Å². The number of nitrogen functional groups attached to an aromatic ring is 1. The van der Waals surface area contributed by atoms with Crippen molar-refractivity contribution in [1.82, 2.24) is 15.2 Å². The van der Waals surface area contributed by atoms with E-state index >= 15 is 0 Å². The van der Waals surface area contributed by atoms with Crippen LogP contribution in [0.5, 0.6) is 0 Å². The van der Waals surface area contributed by atoms with Crippen molar-refractivity contribution in [3.8, 4) is 0 Å². The molecule has 0 radical (unpaired) electrons. The van der Waals surface area contributed by atoms with Crippen LogP contribution in [0.25, 0.3) is 0 Å². The Hall–Kier alpha value is -4.69. The molecule has 5 rings (SSSR count). The molecule has 0 aliphatic carbocycles. The van der Waals surface area contributed by atoms with Gasteiger partial charge in [-0.25, -0.2) is 4.98 Å². The van der Waals surface area contributed by atoms with Crippen molar-refractivity contribution in [3.63, 3.8) is 0 Å². The lowest BCUT2D eigenvalue weighted by Crippen LogP contribution is -2.73. The first kappa shape index (κ1) is 35.6. The molecule has 258 valence electrons. The molecular formula is C35H39N5O7S2. The van der Waals surface area contributed by atoms with Crippen LogP contribution in [-0.2, 0) is 33.5 Å². The highest BCUT2D eigenvalue weighted by atomic mass is 32.2. The van der Waals surface area contributed by atoms with E-state index in [9.17, 15) is 19.2 Å². The second kappa shape index (κ2) is 15.2. The number of β-lactam (4-membered cyclic amide) rings is 1. The highest BCUT2D eigenvalue weighted by Gasteiger charge is 2.57. The number of rotatable bonds is 13. The van der Waals surface area contributed by atoms with Gasteiger partial charge in [-0.1, -0.05) is 71.9 Å². The molecule has 2 aromatic carbocycles. The van der Waals surface area contributed by atoms with E-state index in [1.807, 2.05) is 60.7 Å². The summed E-state index contributed by atoms with van der Waals surface area (Å²) >= 11 is 2.48. The Labute approximate surface area is 293 Å². The van der Waals surface area contributed by atoms with Gasteiger partial charge in [0, 0.05) is 24.1 Å². The van der Waals surface area contributed by atoms with Crippen molar-refractivity contribution in [3.05, 3.63) is 95.5 Å². The predicted molar refractivity (Wildman–Crippen MR) is 187 cm³/mol. The zero-order valence-corrected chi connectivity index (χ0v) is 29.1. The number of benzene rings is 2. The van der Waals surface area contributed by atoms with Crippen molar-refractivity contribution in [2.45, 2.75) is 56.7 Å². The molecule has 2 saturated heterocycles.